The number of fused-ring (bicyclic) bond motifs is 2. The van der Waals surface area contributed by atoms with Crippen LogP contribution in [0.5, 0.6) is 0 Å². The second-order valence-corrected chi connectivity index (χ2v) is 8.33. The van der Waals surface area contributed by atoms with Gasteiger partial charge in [0, 0.05) is 23.8 Å². The van der Waals surface area contributed by atoms with E-state index >= 15 is 0 Å². The number of nitrogen functional groups attached to an aromatic ring is 1. The van der Waals surface area contributed by atoms with Gasteiger partial charge in [-0.3, -0.25) is 4.98 Å². The van der Waals surface area contributed by atoms with Crippen LogP contribution >= 0.6 is 0 Å². The van der Waals surface area contributed by atoms with E-state index in [4.69, 9.17) is 5.73 Å². The van der Waals surface area contributed by atoms with Crippen LogP contribution in [-0.4, -0.2) is 19.5 Å². The van der Waals surface area contributed by atoms with Crippen LogP contribution in [0, 0.1) is 5.92 Å². The SMILES string of the molecule is Nc1ncnc2c1ccn2C1CCC(CCCCc2ccc3cccnc3c2)C1. The summed E-state index contributed by atoms with van der Waals surface area (Å²) in [5, 5.41) is 2.19. The van der Waals surface area contributed by atoms with Gasteiger partial charge in [-0.15, -0.1) is 0 Å². The van der Waals surface area contributed by atoms with Gasteiger partial charge < -0.3 is 10.3 Å². The molecule has 29 heavy (non-hydrogen) atoms. The summed E-state index contributed by atoms with van der Waals surface area (Å²) in [5.74, 6) is 1.39. The van der Waals surface area contributed by atoms with Crippen molar-refractivity contribution in [2.24, 2.45) is 5.92 Å². The highest BCUT2D eigenvalue weighted by molar-refractivity contribution is 5.86. The minimum absolute atomic E-state index is 0.540. The number of hydrogen-bond donors (Lipinski definition) is 1. The molecule has 4 aromatic rings. The molecule has 2 N–H and O–H groups in total. The van der Waals surface area contributed by atoms with Crippen molar-refractivity contribution in [1.29, 1.82) is 0 Å². The van der Waals surface area contributed by atoms with E-state index in [9.17, 15) is 0 Å². The molecule has 3 aromatic heterocycles. The van der Waals surface area contributed by atoms with E-state index in [1.807, 2.05) is 12.3 Å². The van der Waals surface area contributed by atoms with E-state index in [1.165, 1.54) is 49.5 Å². The number of aromatic nitrogens is 4. The number of benzene rings is 1. The summed E-state index contributed by atoms with van der Waals surface area (Å²) < 4.78 is 2.31. The zero-order valence-electron chi connectivity index (χ0n) is 16.7. The van der Waals surface area contributed by atoms with Crippen molar-refractivity contribution in [2.45, 2.75) is 51.0 Å². The third-order valence-electron chi connectivity index (χ3n) is 6.45. The third-order valence-corrected chi connectivity index (χ3v) is 6.45. The summed E-state index contributed by atoms with van der Waals surface area (Å²) in [6.45, 7) is 0. The van der Waals surface area contributed by atoms with E-state index in [0.29, 0.717) is 11.9 Å². The molecule has 1 aliphatic rings. The molecular weight excluding hydrogens is 358 g/mol. The largest absolute Gasteiger partial charge is 0.383 e. The Hall–Kier alpha value is -2.95. The van der Waals surface area contributed by atoms with Gasteiger partial charge in [-0.1, -0.05) is 31.0 Å². The highest BCUT2D eigenvalue weighted by atomic mass is 15.1. The molecule has 3 heterocycles. The fraction of sp³-hybridized carbons (Fsp3) is 0.375. The normalized spacial score (nSPS) is 19.3. The smallest absolute Gasteiger partial charge is 0.145 e. The Bertz CT molecular complexity index is 1130. The number of pyridine rings is 1. The van der Waals surface area contributed by atoms with Gasteiger partial charge in [0.15, 0.2) is 0 Å². The van der Waals surface area contributed by atoms with Crippen molar-refractivity contribution >= 4 is 27.8 Å². The molecule has 0 amide bonds. The maximum absolute atomic E-state index is 5.99. The molecule has 0 bridgehead atoms. The number of rotatable bonds is 6. The lowest BCUT2D eigenvalue weighted by molar-refractivity contribution is 0.443. The van der Waals surface area contributed by atoms with Crippen molar-refractivity contribution in [3.05, 3.63) is 60.7 Å². The first-order chi connectivity index (χ1) is 14.3. The van der Waals surface area contributed by atoms with E-state index in [-0.39, 0.29) is 0 Å². The molecule has 0 spiro atoms. The number of nitrogens with two attached hydrogens (primary N) is 1. The highest BCUT2D eigenvalue weighted by Crippen LogP contribution is 2.39. The summed E-state index contributed by atoms with van der Waals surface area (Å²) in [6, 6.07) is 13.4. The summed E-state index contributed by atoms with van der Waals surface area (Å²) >= 11 is 0. The lowest BCUT2D eigenvalue weighted by Crippen LogP contribution is -2.06. The van der Waals surface area contributed by atoms with Crippen LogP contribution in [0.2, 0.25) is 0 Å². The van der Waals surface area contributed by atoms with Gasteiger partial charge in [-0.2, -0.15) is 0 Å². The molecule has 148 valence electrons. The van der Waals surface area contributed by atoms with Gasteiger partial charge in [-0.05, 0) is 61.8 Å². The van der Waals surface area contributed by atoms with Crippen LogP contribution in [0.3, 0.4) is 0 Å². The minimum Gasteiger partial charge on any atom is -0.383 e. The molecular formula is C24H27N5. The summed E-state index contributed by atoms with van der Waals surface area (Å²) in [4.78, 5) is 13.0. The van der Waals surface area contributed by atoms with Crippen molar-refractivity contribution in [1.82, 2.24) is 19.5 Å². The van der Waals surface area contributed by atoms with Crippen LogP contribution in [0.4, 0.5) is 5.82 Å². The molecule has 1 aromatic carbocycles. The molecule has 0 radical (unpaired) electrons. The van der Waals surface area contributed by atoms with Crippen molar-refractivity contribution in [3.63, 3.8) is 0 Å². The van der Waals surface area contributed by atoms with Crippen LogP contribution < -0.4 is 5.73 Å². The zero-order chi connectivity index (χ0) is 19.6. The average molecular weight is 386 g/mol. The molecule has 5 heteroatoms. The van der Waals surface area contributed by atoms with E-state index < -0.39 is 0 Å². The molecule has 5 rings (SSSR count). The van der Waals surface area contributed by atoms with Gasteiger partial charge in [0.2, 0.25) is 0 Å². The molecule has 0 saturated heterocycles. The second kappa shape index (κ2) is 7.82. The van der Waals surface area contributed by atoms with E-state index in [0.717, 1.165) is 28.9 Å². The van der Waals surface area contributed by atoms with Crippen LogP contribution in [-0.2, 0) is 6.42 Å². The van der Waals surface area contributed by atoms with Crippen molar-refractivity contribution in [3.8, 4) is 0 Å². The van der Waals surface area contributed by atoms with Crippen LogP contribution in [0.15, 0.2) is 55.1 Å². The number of nitrogens with zero attached hydrogens (tertiary/aromatic N) is 4. The van der Waals surface area contributed by atoms with E-state index in [2.05, 4.69) is 56.0 Å². The predicted octanol–water partition coefficient (Wildman–Crippen LogP) is 5.32. The maximum Gasteiger partial charge on any atom is 0.145 e. The quantitative estimate of drug-likeness (QED) is 0.456. The molecule has 0 aliphatic heterocycles. The number of hydrogen-bond acceptors (Lipinski definition) is 4. The Morgan fingerprint density at radius 1 is 1.03 bits per heavy atom. The van der Waals surface area contributed by atoms with Crippen LogP contribution in [0.1, 0.15) is 50.1 Å². The predicted molar refractivity (Wildman–Crippen MR) is 118 cm³/mol. The summed E-state index contributed by atoms with van der Waals surface area (Å²) in [7, 11) is 0. The summed E-state index contributed by atoms with van der Waals surface area (Å²) in [5.41, 5.74) is 9.47. The average Bonchev–Trinajstić information content (AvgIpc) is 3.39. The van der Waals surface area contributed by atoms with Gasteiger partial charge in [0.1, 0.15) is 17.8 Å². The minimum atomic E-state index is 0.540. The number of anilines is 1. The molecule has 1 saturated carbocycles. The number of unbranched alkanes of at least 4 members (excludes halogenated alkanes) is 1. The Labute approximate surface area is 171 Å². The molecule has 1 aliphatic carbocycles. The lowest BCUT2D eigenvalue weighted by atomic mass is 9.98. The van der Waals surface area contributed by atoms with Gasteiger partial charge in [0.25, 0.3) is 0 Å². The summed E-state index contributed by atoms with van der Waals surface area (Å²) in [6.07, 6.45) is 14.4. The third kappa shape index (κ3) is 3.69. The first-order valence-corrected chi connectivity index (χ1v) is 10.7. The molecule has 2 unspecified atom stereocenters. The highest BCUT2D eigenvalue weighted by Gasteiger charge is 2.26. The Morgan fingerprint density at radius 3 is 2.97 bits per heavy atom. The Kier molecular flexibility index (Phi) is 4.88. The van der Waals surface area contributed by atoms with Gasteiger partial charge in [-0.25, -0.2) is 9.97 Å². The zero-order valence-corrected chi connectivity index (χ0v) is 16.7. The topological polar surface area (TPSA) is 69.6 Å². The van der Waals surface area contributed by atoms with Gasteiger partial charge in [0.05, 0.1) is 10.9 Å². The lowest BCUT2D eigenvalue weighted by Gasteiger charge is -2.14. The fourth-order valence-corrected chi connectivity index (χ4v) is 4.88. The van der Waals surface area contributed by atoms with Gasteiger partial charge >= 0.3 is 0 Å². The van der Waals surface area contributed by atoms with Crippen molar-refractivity contribution in [2.75, 3.05) is 5.73 Å². The van der Waals surface area contributed by atoms with Crippen LogP contribution in [0.25, 0.3) is 21.9 Å². The fourth-order valence-electron chi connectivity index (χ4n) is 4.88. The Balaban J connectivity index is 1.14. The van der Waals surface area contributed by atoms with E-state index in [1.54, 1.807) is 6.33 Å². The second-order valence-electron chi connectivity index (χ2n) is 8.33. The number of aryl methyl sites for hydroxylation is 1. The molecule has 1 fully saturated rings. The first kappa shape index (κ1) is 18.1. The molecule has 5 nitrogen and oxygen atoms in total. The van der Waals surface area contributed by atoms with Crippen molar-refractivity contribution < 1.29 is 0 Å². The monoisotopic (exact) mass is 385 g/mol. The first-order valence-electron chi connectivity index (χ1n) is 10.7. The Morgan fingerprint density at radius 2 is 2.00 bits per heavy atom. The standard InChI is InChI=1S/C24H27N5/c25-23-21-11-13-29(24(21)28-16-27-23)20-10-8-17(14-20)4-1-2-5-18-7-9-19-6-3-12-26-22(19)15-18/h3,6-7,9,11-13,15-17,20H,1-2,4-5,8,10,14H2,(H2,25,27,28). The molecule has 2 atom stereocenters. The maximum atomic E-state index is 5.99.